The van der Waals surface area contributed by atoms with Crippen molar-refractivity contribution in [3.05, 3.63) is 57.0 Å². The van der Waals surface area contributed by atoms with Crippen molar-refractivity contribution in [2.75, 3.05) is 7.05 Å². The summed E-state index contributed by atoms with van der Waals surface area (Å²) < 4.78 is 0. The van der Waals surface area contributed by atoms with E-state index in [4.69, 9.17) is 0 Å². The number of hydrogen-bond donors (Lipinski definition) is 0. The summed E-state index contributed by atoms with van der Waals surface area (Å²) in [5, 5.41) is 4.00. The molecule has 124 valence electrons. The van der Waals surface area contributed by atoms with E-state index in [1.54, 1.807) is 16.2 Å². The van der Waals surface area contributed by atoms with Crippen LogP contribution in [0, 0.1) is 6.92 Å². The summed E-state index contributed by atoms with van der Waals surface area (Å²) in [6.45, 7) is 4.45. The maximum absolute atomic E-state index is 12.6. The van der Waals surface area contributed by atoms with Crippen molar-refractivity contribution < 1.29 is 4.79 Å². The van der Waals surface area contributed by atoms with Gasteiger partial charge >= 0.3 is 0 Å². The predicted octanol–water partition coefficient (Wildman–Crippen LogP) is 4.41. The zero-order chi connectivity index (χ0) is 17.1. The fourth-order valence-corrected chi connectivity index (χ4v) is 4.20. The second-order valence-electron chi connectivity index (χ2n) is 5.55. The molecule has 0 unspecified atom stereocenters. The molecule has 1 aromatic carbocycles. The van der Waals surface area contributed by atoms with E-state index in [1.807, 2.05) is 49.7 Å². The Morgan fingerprint density at radius 3 is 2.62 bits per heavy atom. The zero-order valence-electron chi connectivity index (χ0n) is 13.9. The number of hydrogen-bond acceptors (Lipinski definition) is 5. The molecule has 0 aliphatic carbocycles. The second kappa shape index (κ2) is 7.23. The molecule has 6 heteroatoms. The molecular weight excluding hydrogens is 338 g/mol. The SMILES string of the molecule is CCc1nc(C)c(C(=O)N(C)Cc2csc(-c3ccccc3)n2)s1. The number of amides is 1. The van der Waals surface area contributed by atoms with Crippen LogP contribution < -0.4 is 0 Å². The van der Waals surface area contributed by atoms with Gasteiger partial charge in [0.15, 0.2) is 0 Å². The van der Waals surface area contributed by atoms with Gasteiger partial charge in [-0.25, -0.2) is 9.97 Å². The quantitative estimate of drug-likeness (QED) is 0.679. The van der Waals surface area contributed by atoms with E-state index >= 15 is 0 Å². The minimum atomic E-state index is 0.0129. The van der Waals surface area contributed by atoms with Crippen LogP contribution in [0.15, 0.2) is 35.7 Å². The van der Waals surface area contributed by atoms with Crippen molar-refractivity contribution in [3.63, 3.8) is 0 Å². The van der Waals surface area contributed by atoms with E-state index in [9.17, 15) is 4.79 Å². The third-order valence-corrected chi connectivity index (χ3v) is 5.89. The number of aryl methyl sites for hydroxylation is 2. The summed E-state index contributed by atoms with van der Waals surface area (Å²) >= 11 is 3.09. The minimum absolute atomic E-state index is 0.0129. The maximum atomic E-state index is 12.6. The molecule has 0 saturated heterocycles. The highest BCUT2D eigenvalue weighted by atomic mass is 32.1. The van der Waals surface area contributed by atoms with Crippen molar-refractivity contribution >= 4 is 28.6 Å². The maximum Gasteiger partial charge on any atom is 0.265 e. The van der Waals surface area contributed by atoms with Gasteiger partial charge in [-0.1, -0.05) is 37.3 Å². The molecule has 0 aliphatic rings. The van der Waals surface area contributed by atoms with Crippen molar-refractivity contribution in [1.29, 1.82) is 0 Å². The lowest BCUT2D eigenvalue weighted by Crippen LogP contribution is -2.26. The van der Waals surface area contributed by atoms with Crippen LogP contribution in [0.4, 0.5) is 0 Å². The Morgan fingerprint density at radius 1 is 1.21 bits per heavy atom. The highest BCUT2D eigenvalue weighted by Gasteiger charge is 2.19. The van der Waals surface area contributed by atoms with Crippen LogP contribution in [0.1, 0.15) is 33.0 Å². The monoisotopic (exact) mass is 357 g/mol. The van der Waals surface area contributed by atoms with E-state index in [0.717, 1.165) is 38.3 Å². The number of carbonyl (C=O) groups excluding carboxylic acids is 1. The third kappa shape index (κ3) is 3.55. The van der Waals surface area contributed by atoms with Crippen molar-refractivity contribution in [2.45, 2.75) is 26.8 Å². The van der Waals surface area contributed by atoms with Crippen LogP contribution in [-0.2, 0) is 13.0 Å². The standard InChI is InChI=1S/C18H19N3OS2/c1-4-15-19-12(2)16(24-15)18(22)21(3)10-14-11-23-17(20-14)13-8-6-5-7-9-13/h5-9,11H,4,10H2,1-3H3. The van der Waals surface area contributed by atoms with E-state index in [1.165, 1.54) is 11.3 Å². The van der Waals surface area contributed by atoms with Gasteiger partial charge in [-0.15, -0.1) is 22.7 Å². The van der Waals surface area contributed by atoms with Crippen molar-refractivity contribution in [1.82, 2.24) is 14.9 Å². The van der Waals surface area contributed by atoms with Crippen LogP contribution in [0.3, 0.4) is 0 Å². The first-order valence-electron chi connectivity index (χ1n) is 7.80. The summed E-state index contributed by atoms with van der Waals surface area (Å²) in [5.74, 6) is 0.0129. The van der Waals surface area contributed by atoms with Gasteiger partial charge in [-0.2, -0.15) is 0 Å². The smallest absolute Gasteiger partial charge is 0.265 e. The minimum Gasteiger partial charge on any atom is -0.335 e. The van der Waals surface area contributed by atoms with Gasteiger partial charge in [0, 0.05) is 18.0 Å². The number of rotatable bonds is 5. The lowest BCUT2D eigenvalue weighted by Gasteiger charge is -2.15. The zero-order valence-corrected chi connectivity index (χ0v) is 15.6. The molecule has 3 aromatic rings. The Morgan fingerprint density at radius 2 is 1.96 bits per heavy atom. The average Bonchev–Trinajstić information content (AvgIpc) is 3.21. The molecule has 0 atom stereocenters. The molecule has 24 heavy (non-hydrogen) atoms. The van der Waals surface area contributed by atoms with Gasteiger partial charge in [0.1, 0.15) is 9.88 Å². The first kappa shape index (κ1) is 16.8. The van der Waals surface area contributed by atoms with Crippen LogP contribution in [0.2, 0.25) is 0 Å². The molecule has 2 aromatic heterocycles. The fraction of sp³-hybridized carbons (Fsp3) is 0.278. The largest absolute Gasteiger partial charge is 0.335 e. The van der Waals surface area contributed by atoms with Gasteiger partial charge in [0.2, 0.25) is 0 Å². The van der Waals surface area contributed by atoms with Gasteiger partial charge in [-0.3, -0.25) is 4.79 Å². The molecule has 0 fully saturated rings. The van der Waals surface area contributed by atoms with Gasteiger partial charge in [-0.05, 0) is 13.3 Å². The molecule has 0 radical (unpaired) electrons. The molecule has 0 spiro atoms. The van der Waals surface area contributed by atoms with Crippen molar-refractivity contribution in [2.24, 2.45) is 0 Å². The average molecular weight is 358 g/mol. The summed E-state index contributed by atoms with van der Waals surface area (Å²) in [7, 11) is 1.81. The summed E-state index contributed by atoms with van der Waals surface area (Å²) in [5.41, 5.74) is 2.83. The molecule has 0 saturated carbocycles. The highest BCUT2D eigenvalue weighted by Crippen LogP contribution is 2.25. The third-order valence-electron chi connectivity index (χ3n) is 3.66. The summed E-state index contributed by atoms with van der Waals surface area (Å²) in [6.07, 6.45) is 0.856. The summed E-state index contributed by atoms with van der Waals surface area (Å²) in [6, 6.07) is 10.1. The van der Waals surface area contributed by atoms with Gasteiger partial charge in [0.05, 0.1) is 22.9 Å². The van der Waals surface area contributed by atoms with E-state index in [0.29, 0.717) is 6.54 Å². The second-order valence-corrected chi connectivity index (χ2v) is 7.49. The Labute approximate surface area is 149 Å². The number of nitrogens with zero attached hydrogens (tertiary/aromatic N) is 3. The Bertz CT molecular complexity index is 839. The number of benzene rings is 1. The molecule has 3 rings (SSSR count). The van der Waals surface area contributed by atoms with Gasteiger partial charge in [0.25, 0.3) is 5.91 Å². The van der Waals surface area contributed by atoms with Crippen LogP contribution in [0.25, 0.3) is 10.6 Å². The Balaban J connectivity index is 1.73. The first-order valence-corrected chi connectivity index (χ1v) is 9.49. The molecule has 0 bridgehead atoms. The van der Waals surface area contributed by atoms with Crippen LogP contribution >= 0.6 is 22.7 Å². The van der Waals surface area contributed by atoms with Crippen molar-refractivity contribution in [3.8, 4) is 10.6 Å². The van der Waals surface area contributed by atoms with E-state index in [-0.39, 0.29) is 5.91 Å². The number of carbonyl (C=O) groups is 1. The number of aromatic nitrogens is 2. The normalized spacial score (nSPS) is 10.8. The number of thiazole rings is 2. The van der Waals surface area contributed by atoms with Crippen LogP contribution in [-0.4, -0.2) is 27.8 Å². The van der Waals surface area contributed by atoms with Gasteiger partial charge < -0.3 is 4.90 Å². The lowest BCUT2D eigenvalue weighted by molar-refractivity contribution is 0.0787. The summed E-state index contributed by atoms with van der Waals surface area (Å²) in [4.78, 5) is 24.2. The fourth-order valence-electron chi connectivity index (χ4n) is 2.38. The van der Waals surface area contributed by atoms with Crippen LogP contribution in [0.5, 0.6) is 0 Å². The topological polar surface area (TPSA) is 46.1 Å². The van der Waals surface area contributed by atoms with E-state index < -0.39 is 0 Å². The molecule has 1 amide bonds. The molecule has 4 nitrogen and oxygen atoms in total. The highest BCUT2D eigenvalue weighted by molar-refractivity contribution is 7.14. The predicted molar refractivity (Wildman–Crippen MR) is 99.6 cm³/mol. The lowest BCUT2D eigenvalue weighted by atomic mass is 10.2. The molecular formula is C18H19N3OS2. The first-order chi connectivity index (χ1) is 11.6. The Kier molecular flexibility index (Phi) is 5.06. The molecule has 0 aliphatic heterocycles. The molecule has 0 N–H and O–H groups in total. The molecule has 2 heterocycles. The van der Waals surface area contributed by atoms with E-state index in [2.05, 4.69) is 16.9 Å². The Hall–Kier alpha value is -2.05.